The number of hydrogen-bond acceptors (Lipinski definition) is 3. The molecule has 8 rings (SSSR count). The van der Waals surface area contributed by atoms with Gasteiger partial charge in [0.15, 0.2) is 0 Å². The van der Waals surface area contributed by atoms with Crippen LogP contribution >= 0.6 is 0 Å². The normalized spacial score (nSPS) is 25.7. The first-order chi connectivity index (χ1) is 17.2. The summed E-state index contributed by atoms with van der Waals surface area (Å²) in [6.45, 7) is 0. The van der Waals surface area contributed by atoms with E-state index in [2.05, 4.69) is 0 Å². The Morgan fingerprint density at radius 3 is 1.77 bits per heavy atom. The number of imide groups is 1. The lowest BCUT2D eigenvalue weighted by Gasteiger charge is -2.51. The van der Waals surface area contributed by atoms with Crippen LogP contribution in [0.2, 0.25) is 0 Å². The van der Waals surface area contributed by atoms with E-state index in [4.69, 9.17) is 0 Å². The molecule has 2 bridgehead atoms. The molecule has 168 valence electrons. The Balaban J connectivity index is 1.39. The van der Waals surface area contributed by atoms with Gasteiger partial charge in [-0.2, -0.15) is 0 Å². The maximum Gasteiger partial charge on any atom is 0.239 e. The molecule has 0 N–H and O–H groups in total. The van der Waals surface area contributed by atoms with Crippen LogP contribution in [0.15, 0.2) is 103 Å². The lowest BCUT2D eigenvalue weighted by molar-refractivity contribution is -0.128. The van der Waals surface area contributed by atoms with E-state index in [1.54, 1.807) is 0 Å². The van der Waals surface area contributed by atoms with E-state index in [-0.39, 0.29) is 17.7 Å². The monoisotopic (exact) mass is 455 g/mol. The molecule has 1 fully saturated rings. The third kappa shape index (κ3) is 2.43. The summed E-state index contributed by atoms with van der Waals surface area (Å²) in [7, 11) is 0. The van der Waals surface area contributed by atoms with Gasteiger partial charge < -0.3 is 4.79 Å². The molecule has 0 unspecified atom stereocenters. The Kier molecular flexibility index (Phi) is 4.07. The number of carbonyl (C=O) groups excluding carboxylic acids is 3. The second-order valence-corrected chi connectivity index (χ2v) is 9.57. The third-order valence-corrected chi connectivity index (χ3v) is 8.10. The average molecular weight is 456 g/mol. The first-order valence-corrected chi connectivity index (χ1v) is 11.9. The van der Waals surface area contributed by atoms with Crippen molar-refractivity contribution in [3.05, 3.63) is 125 Å². The maximum absolute atomic E-state index is 14.0. The van der Waals surface area contributed by atoms with Crippen LogP contribution < -0.4 is 4.90 Å². The van der Waals surface area contributed by atoms with E-state index < -0.39 is 17.3 Å². The Morgan fingerprint density at radius 1 is 0.629 bits per heavy atom. The van der Waals surface area contributed by atoms with Crippen molar-refractivity contribution in [2.75, 3.05) is 4.90 Å². The zero-order chi connectivity index (χ0) is 23.7. The highest BCUT2D eigenvalue weighted by Gasteiger charge is 2.68. The molecule has 1 aliphatic heterocycles. The molecule has 2 atom stereocenters. The Labute approximate surface area is 202 Å². The molecule has 0 spiro atoms. The fourth-order valence-electron chi connectivity index (χ4n) is 6.72. The van der Waals surface area contributed by atoms with Crippen LogP contribution in [0.3, 0.4) is 0 Å². The Morgan fingerprint density at radius 2 is 1.17 bits per heavy atom. The molecule has 4 aliphatic rings. The van der Waals surface area contributed by atoms with Crippen LogP contribution in [-0.4, -0.2) is 18.1 Å². The molecule has 4 aromatic rings. The zero-order valence-corrected chi connectivity index (χ0v) is 18.8. The van der Waals surface area contributed by atoms with Crippen molar-refractivity contribution in [2.45, 2.75) is 11.3 Å². The molecule has 35 heavy (non-hydrogen) atoms. The lowest BCUT2D eigenvalue weighted by atomic mass is 9.48. The van der Waals surface area contributed by atoms with Gasteiger partial charge in [0.05, 0.1) is 22.9 Å². The third-order valence-electron chi connectivity index (χ3n) is 8.10. The van der Waals surface area contributed by atoms with Gasteiger partial charge in [0.2, 0.25) is 11.8 Å². The van der Waals surface area contributed by atoms with Gasteiger partial charge in [-0.15, -0.1) is 0 Å². The van der Waals surface area contributed by atoms with Gasteiger partial charge >= 0.3 is 0 Å². The van der Waals surface area contributed by atoms with Crippen molar-refractivity contribution in [3.63, 3.8) is 0 Å². The minimum atomic E-state index is -1.17. The highest BCUT2D eigenvalue weighted by atomic mass is 16.2. The Hall–Kier alpha value is -4.31. The maximum atomic E-state index is 14.0. The van der Waals surface area contributed by atoms with Gasteiger partial charge in [0.1, 0.15) is 6.29 Å². The molecule has 1 saturated heterocycles. The summed E-state index contributed by atoms with van der Waals surface area (Å²) in [5.41, 5.74) is 5.10. The number of carbonyl (C=O) groups is 3. The molecule has 0 aromatic heterocycles. The summed E-state index contributed by atoms with van der Waals surface area (Å²) in [5, 5.41) is 0. The Bertz CT molecular complexity index is 1480. The molecular formula is C31H21NO3. The van der Waals surface area contributed by atoms with Crippen molar-refractivity contribution in [3.8, 4) is 11.1 Å². The van der Waals surface area contributed by atoms with E-state index in [0.717, 1.165) is 39.7 Å². The predicted octanol–water partition coefficient (Wildman–Crippen LogP) is 5.10. The molecule has 1 heterocycles. The molecular weight excluding hydrogens is 434 g/mol. The SMILES string of the molecule is O=CC12c3ccccc3C(c3ccccc31)[C@@H]1C(=O)N(c3ccc(-c4ccccc4)cc3)C(=O)[C@@H]12. The predicted molar refractivity (Wildman–Crippen MR) is 133 cm³/mol. The largest absolute Gasteiger partial charge is 0.302 e. The highest BCUT2D eigenvalue weighted by molar-refractivity contribution is 6.24. The molecule has 0 saturated carbocycles. The average Bonchev–Trinajstić information content (AvgIpc) is 3.20. The van der Waals surface area contributed by atoms with Crippen LogP contribution in [0.5, 0.6) is 0 Å². The van der Waals surface area contributed by atoms with Crippen LogP contribution in [0.1, 0.15) is 28.2 Å². The van der Waals surface area contributed by atoms with E-state index in [1.165, 1.54) is 4.90 Å². The number of rotatable bonds is 3. The van der Waals surface area contributed by atoms with Crippen molar-refractivity contribution in [1.82, 2.24) is 0 Å². The number of amides is 2. The number of aldehydes is 1. The van der Waals surface area contributed by atoms with Gasteiger partial charge in [0, 0.05) is 5.92 Å². The van der Waals surface area contributed by atoms with Crippen LogP contribution in [-0.2, 0) is 19.8 Å². The van der Waals surface area contributed by atoms with Gasteiger partial charge in [0.25, 0.3) is 0 Å². The number of anilines is 1. The van der Waals surface area contributed by atoms with Crippen molar-refractivity contribution >= 4 is 23.8 Å². The molecule has 4 heteroatoms. The summed E-state index contributed by atoms with van der Waals surface area (Å²) in [4.78, 5) is 42.3. The first kappa shape index (κ1) is 20.1. The van der Waals surface area contributed by atoms with Gasteiger partial charge in [-0.1, -0.05) is 91.0 Å². The minimum absolute atomic E-state index is 0.229. The molecule has 0 radical (unpaired) electrons. The standard InChI is InChI=1S/C31H21NO3/c33-18-31-24-12-6-4-10-22(24)26(23-11-5-7-13-25(23)31)27-28(31)30(35)32(29(27)34)21-16-14-20(15-17-21)19-8-2-1-3-9-19/h1-18,26-28H/t26?,27-,28+,31?/m0/s1. The van der Waals surface area contributed by atoms with Gasteiger partial charge in [-0.3, -0.25) is 9.59 Å². The van der Waals surface area contributed by atoms with E-state index in [9.17, 15) is 14.4 Å². The van der Waals surface area contributed by atoms with Crippen molar-refractivity contribution in [1.29, 1.82) is 0 Å². The summed E-state index contributed by atoms with van der Waals surface area (Å²) < 4.78 is 0. The minimum Gasteiger partial charge on any atom is -0.302 e. The summed E-state index contributed by atoms with van der Waals surface area (Å²) in [6, 6.07) is 33.1. The molecule has 3 aliphatic carbocycles. The van der Waals surface area contributed by atoms with Crippen LogP contribution in [0.25, 0.3) is 11.1 Å². The molecule has 2 amide bonds. The second kappa shape index (κ2) is 7.09. The van der Waals surface area contributed by atoms with Gasteiger partial charge in [-0.05, 0) is 45.5 Å². The van der Waals surface area contributed by atoms with E-state index in [0.29, 0.717) is 5.69 Å². The highest BCUT2D eigenvalue weighted by Crippen LogP contribution is 2.63. The van der Waals surface area contributed by atoms with Crippen LogP contribution in [0, 0.1) is 11.8 Å². The first-order valence-electron chi connectivity index (χ1n) is 11.9. The quantitative estimate of drug-likeness (QED) is 0.319. The van der Waals surface area contributed by atoms with Crippen LogP contribution in [0.4, 0.5) is 5.69 Å². The number of benzene rings is 4. The zero-order valence-electron chi connectivity index (χ0n) is 18.8. The second-order valence-electron chi connectivity index (χ2n) is 9.57. The fourth-order valence-corrected chi connectivity index (χ4v) is 6.72. The van der Waals surface area contributed by atoms with Crippen molar-refractivity contribution in [2.24, 2.45) is 11.8 Å². The summed E-state index contributed by atoms with van der Waals surface area (Å²) >= 11 is 0. The smallest absolute Gasteiger partial charge is 0.239 e. The van der Waals surface area contributed by atoms with E-state index >= 15 is 0 Å². The lowest BCUT2D eigenvalue weighted by Crippen LogP contribution is -2.54. The molecule has 4 nitrogen and oxygen atoms in total. The van der Waals surface area contributed by atoms with E-state index in [1.807, 2.05) is 103 Å². The number of nitrogens with zero attached hydrogens (tertiary/aromatic N) is 1. The summed E-state index contributed by atoms with van der Waals surface area (Å²) in [6.07, 6.45) is 0.908. The number of hydrogen-bond donors (Lipinski definition) is 0. The fraction of sp³-hybridized carbons (Fsp3) is 0.129. The van der Waals surface area contributed by atoms with Crippen molar-refractivity contribution < 1.29 is 14.4 Å². The topological polar surface area (TPSA) is 54.5 Å². The van der Waals surface area contributed by atoms with Gasteiger partial charge in [-0.25, -0.2) is 4.90 Å². The summed E-state index contributed by atoms with van der Waals surface area (Å²) in [5.74, 6) is -2.14. The molecule has 4 aromatic carbocycles.